The van der Waals surface area contributed by atoms with Gasteiger partial charge < -0.3 is 10.7 Å². The number of amidine groups is 1. The molecule has 1 aliphatic carbocycles. The number of aromatic amines is 1. The van der Waals surface area contributed by atoms with E-state index in [0.717, 1.165) is 24.1 Å². The molecule has 2 aromatic rings. The molecule has 0 spiro atoms. The predicted octanol–water partition coefficient (Wildman–Crippen LogP) is 2.74. The lowest BCUT2D eigenvalue weighted by atomic mass is 9.93. The quantitative estimate of drug-likeness (QED) is 0.675. The second-order valence-electron chi connectivity index (χ2n) is 5.42. The minimum absolute atomic E-state index is 0.00977. The van der Waals surface area contributed by atoms with Gasteiger partial charge in [-0.15, -0.1) is 0 Å². The lowest BCUT2D eigenvalue weighted by Gasteiger charge is -2.10. The minimum Gasteiger partial charge on any atom is -0.384 e. The highest BCUT2D eigenvalue weighted by Crippen LogP contribution is 2.24. The Labute approximate surface area is 133 Å². The number of amides is 1. The highest BCUT2D eigenvalue weighted by atomic mass is 16.1. The van der Waals surface area contributed by atoms with Crippen LogP contribution >= 0.6 is 0 Å². The van der Waals surface area contributed by atoms with Crippen molar-refractivity contribution >= 4 is 23.6 Å². The van der Waals surface area contributed by atoms with Gasteiger partial charge in [0.1, 0.15) is 5.84 Å². The molecule has 23 heavy (non-hydrogen) atoms. The van der Waals surface area contributed by atoms with Crippen LogP contribution in [0.5, 0.6) is 0 Å². The molecule has 1 aromatic heterocycles. The normalized spacial score (nSPS) is 15.0. The monoisotopic (exact) mass is 307 g/mol. The number of H-pyrrole nitrogens is 1. The first-order chi connectivity index (χ1) is 11.1. The average molecular weight is 307 g/mol. The Bertz CT molecular complexity index is 801. The fourth-order valence-corrected chi connectivity index (χ4v) is 2.66. The Balaban J connectivity index is 1.80. The van der Waals surface area contributed by atoms with Crippen molar-refractivity contribution in [3.63, 3.8) is 0 Å². The fraction of sp³-hybridized carbons (Fsp3) is 0.167. The molecule has 1 amide bonds. The number of aryl methyl sites for hydroxylation is 1. The number of carbonyl (C=O) groups excluding carboxylic acids is 2. The summed E-state index contributed by atoms with van der Waals surface area (Å²) in [6.07, 6.45) is 6.97. The number of nitrogens with zero attached hydrogens (tertiary/aromatic N) is 1. The number of hydrogen-bond donors (Lipinski definition) is 2. The van der Waals surface area contributed by atoms with Crippen molar-refractivity contribution in [1.82, 2.24) is 4.98 Å². The van der Waals surface area contributed by atoms with E-state index in [9.17, 15) is 9.59 Å². The van der Waals surface area contributed by atoms with Gasteiger partial charge in [-0.1, -0.05) is 36.4 Å². The highest BCUT2D eigenvalue weighted by molar-refractivity contribution is 6.13. The van der Waals surface area contributed by atoms with Gasteiger partial charge in [-0.2, -0.15) is 4.99 Å². The van der Waals surface area contributed by atoms with Crippen LogP contribution in [-0.2, 0) is 6.42 Å². The molecule has 1 aromatic carbocycles. The summed E-state index contributed by atoms with van der Waals surface area (Å²) in [6, 6.07) is 9.59. The van der Waals surface area contributed by atoms with Crippen molar-refractivity contribution in [3.05, 3.63) is 65.0 Å². The summed E-state index contributed by atoms with van der Waals surface area (Å²) in [4.78, 5) is 31.1. The molecule has 0 aliphatic heterocycles. The van der Waals surface area contributed by atoms with Crippen LogP contribution in [0.4, 0.5) is 0 Å². The molecule has 0 fully saturated rings. The van der Waals surface area contributed by atoms with Crippen molar-refractivity contribution in [2.75, 3.05) is 0 Å². The zero-order valence-corrected chi connectivity index (χ0v) is 12.6. The average Bonchev–Trinajstić information content (AvgIpc) is 2.99. The maximum Gasteiger partial charge on any atom is 0.281 e. The Morgan fingerprint density at radius 2 is 2.00 bits per heavy atom. The topological polar surface area (TPSA) is 88.3 Å². The number of benzene rings is 1. The largest absolute Gasteiger partial charge is 0.384 e. The number of rotatable bonds is 3. The number of Topliss-reactive ketones (excluding diaryl/α,β-unsaturated/α-hetero) is 1. The van der Waals surface area contributed by atoms with E-state index in [1.54, 1.807) is 18.3 Å². The number of carbonyl (C=O) groups is 2. The van der Waals surface area contributed by atoms with Crippen LogP contribution in [0.2, 0.25) is 0 Å². The van der Waals surface area contributed by atoms with Gasteiger partial charge in [0.15, 0.2) is 5.78 Å². The van der Waals surface area contributed by atoms with Crippen LogP contribution in [0, 0.1) is 0 Å². The molecule has 3 N–H and O–H groups in total. The van der Waals surface area contributed by atoms with Crippen molar-refractivity contribution in [1.29, 1.82) is 0 Å². The van der Waals surface area contributed by atoms with Crippen molar-refractivity contribution in [2.24, 2.45) is 10.7 Å². The number of aliphatic imine (C=N–C) groups is 1. The van der Waals surface area contributed by atoms with Gasteiger partial charge in [0.2, 0.25) is 0 Å². The number of ketones is 1. The zero-order chi connectivity index (χ0) is 16.2. The van der Waals surface area contributed by atoms with E-state index in [0.29, 0.717) is 17.5 Å². The van der Waals surface area contributed by atoms with Crippen LogP contribution < -0.4 is 5.73 Å². The van der Waals surface area contributed by atoms with E-state index in [2.05, 4.69) is 9.98 Å². The Kier molecular flexibility index (Phi) is 4.19. The summed E-state index contributed by atoms with van der Waals surface area (Å²) in [7, 11) is 0. The van der Waals surface area contributed by atoms with Crippen molar-refractivity contribution in [3.8, 4) is 0 Å². The lowest BCUT2D eigenvalue weighted by molar-refractivity contribution is 0.0951. The summed E-state index contributed by atoms with van der Waals surface area (Å²) in [5.41, 5.74) is 8.35. The third kappa shape index (κ3) is 3.29. The first-order valence-electron chi connectivity index (χ1n) is 7.50. The van der Waals surface area contributed by atoms with E-state index >= 15 is 0 Å². The number of nitrogens with one attached hydrogen (secondary N) is 1. The van der Waals surface area contributed by atoms with Crippen LogP contribution in [0.1, 0.15) is 44.8 Å². The van der Waals surface area contributed by atoms with Gasteiger partial charge >= 0.3 is 0 Å². The molecule has 1 aliphatic rings. The predicted molar refractivity (Wildman–Crippen MR) is 89.5 cm³/mol. The van der Waals surface area contributed by atoms with Crippen LogP contribution in [0.3, 0.4) is 0 Å². The van der Waals surface area contributed by atoms with Crippen LogP contribution in [0.25, 0.3) is 6.08 Å². The second kappa shape index (κ2) is 6.44. The summed E-state index contributed by atoms with van der Waals surface area (Å²) in [5, 5.41) is 0. The van der Waals surface area contributed by atoms with Crippen molar-refractivity contribution in [2.45, 2.75) is 19.3 Å². The standard InChI is InChI=1S/C18H17N3O2/c19-16(10-9-12-5-2-1-3-6-12)21-18(23)13-11-20-14-7-4-8-15(22)17(13)14/h1-3,5-6,9-11,20H,4,7-8H2,(H2,19,21,23)/b10-9-. The fourth-order valence-electron chi connectivity index (χ4n) is 2.66. The highest BCUT2D eigenvalue weighted by Gasteiger charge is 2.25. The lowest BCUT2D eigenvalue weighted by Crippen LogP contribution is -2.15. The molecule has 0 bridgehead atoms. The van der Waals surface area contributed by atoms with Crippen LogP contribution in [0.15, 0.2) is 47.6 Å². The van der Waals surface area contributed by atoms with Gasteiger partial charge in [0.05, 0.1) is 11.1 Å². The maximum absolute atomic E-state index is 12.3. The molecule has 0 unspecified atom stereocenters. The summed E-state index contributed by atoms with van der Waals surface area (Å²) < 4.78 is 0. The molecule has 0 atom stereocenters. The smallest absolute Gasteiger partial charge is 0.281 e. The molecular formula is C18H17N3O2. The molecular weight excluding hydrogens is 290 g/mol. The number of hydrogen-bond acceptors (Lipinski definition) is 2. The molecule has 5 heteroatoms. The molecule has 1 heterocycles. The first-order valence-corrected chi connectivity index (χ1v) is 7.50. The molecule has 0 saturated heterocycles. The first kappa shape index (κ1) is 15.0. The van der Waals surface area contributed by atoms with E-state index in [4.69, 9.17) is 5.73 Å². The van der Waals surface area contributed by atoms with Gasteiger partial charge in [-0.05, 0) is 24.5 Å². The number of fused-ring (bicyclic) bond motifs is 1. The maximum atomic E-state index is 12.3. The summed E-state index contributed by atoms with van der Waals surface area (Å²) in [6.45, 7) is 0. The van der Waals surface area contributed by atoms with E-state index in [1.807, 2.05) is 30.3 Å². The SMILES string of the molecule is NC(/C=C\c1ccccc1)=NC(=O)c1c[nH]c2c1C(=O)CCC2. The van der Waals surface area contributed by atoms with Gasteiger partial charge in [0.25, 0.3) is 5.91 Å². The number of aromatic nitrogens is 1. The van der Waals surface area contributed by atoms with E-state index in [-0.39, 0.29) is 11.6 Å². The van der Waals surface area contributed by atoms with Gasteiger partial charge in [-0.3, -0.25) is 9.59 Å². The molecule has 0 radical (unpaired) electrons. The van der Waals surface area contributed by atoms with Gasteiger partial charge in [0, 0.05) is 18.3 Å². The van der Waals surface area contributed by atoms with E-state index < -0.39 is 5.91 Å². The zero-order valence-electron chi connectivity index (χ0n) is 12.6. The molecule has 116 valence electrons. The summed E-state index contributed by atoms with van der Waals surface area (Å²) in [5.74, 6) is -0.394. The number of nitrogens with two attached hydrogens (primary N) is 1. The van der Waals surface area contributed by atoms with Gasteiger partial charge in [-0.25, -0.2) is 0 Å². The Hall–Kier alpha value is -2.95. The molecule has 3 rings (SSSR count). The summed E-state index contributed by atoms with van der Waals surface area (Å²) >= 11 is 0. The molecule has 0 saturated carbocycles. The Morgan fingerprint density at radius 3 is 2.78 bits per heavy atom. The van der Waals surface area contributed by atoms with E-state index in [1.165, 1.54) is 0 Å². The minimum atomic E-state index is -0.493. The second-order valence-corrected chi connectivity index (χ2v) is 5.42. The third-order valence-electron chi connectivity index (χ3n) is 3.78. The Morgan fingerprint density at radius 1 is 1.22 bits per heavy atom. The van der Waals surface area contributed by atoms with Crippen LogP contribution in [-0.4, -0.2) is 22.5 Å². The molecule has 5 nitrogen and oxygen atoms in total. The third-order valence-corrected chi connectivity index (χ3v) is 3.78. The van der Waals surface area contributed by atoms with Crippen molar-refractivity contribution < 1.29 is 9.59 Å².